The van der Waals surface area contributed by atoms with Gasteiger partial charge in [0.1, 0.15) is 18.2 Å². The van der Waals surface area contributed by atoms with E-state index in [2.05, 4.69) is 29.2 Å². The number of aromatic nitrogens is 3. The summed E-state index contributed by atoms with van der Waals surface area (Å²) >= 11 is 7.11. The smallest absolute Gasteiger partial charge is 0.325 e. The summed E-state index contributed by atoms with van der Waals surface area (Å²) in [4.78, 5) is 40.9. The highest BCUT2D eigenvalue weighted by Gasteiger charge is 2.13. The van der Waals surface area contributed by atoms with Crippen LogP contribution in [0.25, 0.3) is 4.96 Å². The van der Waals surface area contributed by atoms with Crippen LogP contribution >= 0.6 is 22.9 Å². The fraction of sp³-hybridized carbons (Fsp3) is 0.316. The number of carbonyl (C=O) groups excluding carboxylic acids is 2. The number of carbonyl (C=O) groups is 2. The number of halogens is 1. The zero-order valence-electron chi connectivity index (χ0n) is 15.8. The molecule has 0 fully saturated rings. The molecule has 0 aliphatic heterocycles. The molecule has 8 nitrogen and oxygen atoms in total. The summed E-state index contributed by atoms with van der Waals surface area (Å²) in [5, 5.41) is 8.07. The summed E-state index contributed by atoms with van der Waals surface area (Å²) in [5.74, 6) is -0.646. The third-order valence-electron chi connectivity index (χ3n) is 3.80. The molecule has 0 spiro atoms. The molecule has 1 aromatic carbocycles. The van der Waals surface area contributed by atoms with Gasteiger partial charge in [0, 0.05) is 23.1 Å². The van der Waals surface area contributed by atoms with Gasteiger partial charge in [-0.3, -0.25) is 14.4 Å². The van der Waals surface area contributed by atoms with Crippen molar-refractivity contribution in [2.24, 2.45) is 5.92 Å². The minimum atomic E-state index is -0.640. The highest BCUT2D eigenvalue weighted by Crippen LogP contribution is 2.15. The number of esters is 1. The number of nitrogens with one attached hydrogen (secondary N) is 1. The molecular formula is C19H19ClN4O4S. The molecular weight excluding hydrogens is 416 g/mol. The van der Waals surface area contributed by atoms with E-state index in [1.54, 1.807) is 24.3 Å². The van der Waals surface area contributed by atoms with E-state index in [0.717, 1.165) is 11.4 Å². The number of rotatable bonds is 7. The number of fused-ring (bicyclic) bond motifs is 1. The van der Waals surface area contributed by atoms with Gasteiger partial charge >= 0.3 is 5.97 Å². The molecule has 1 N–H and O–H groups in total. The van der Waals surface area contributed by atoms with Crippen LogP contribution in [0.2, 0.25) is 5.02 Å². The Labute approximate surface area is 175 Å². The van der Waals surface area contributed by atoms with Crippen LogP contribution in [0.15, 0.2) is 35.1 Å². The van der Waals surface area contributed by atoms with E-state index in [4.69, 9.17) is 16.3 Å². The first-order valence-corrected chi connectivity index (χ1v) is 10.1. The molecule has 152 valence electrons. The Hall–Kier alpha value is -2.78. The van der Waals surface area contributed by atoms with E-state index in [1.807, 2.05) is 0 Å². The van der Waals surface area contributed by atoms with E-state index in [9.17, 15) is 14.4 Å². The van der Waals surface area contributed by atoms with E-state index in [0.29, 0.717) is 27.2 Å². The Balaban J connectivity index is 1.56. The summed E-state index contributed by atoms with van der Waals surface area (Å²) in [6, 6.07) is 7.56. The maximum Gasteiger partial charge on any atom is 0.325 e. The first-order valence-electron chi connectivity index (χ1n) is 8.90. The molecule has 0 radical (unpaired) electrons. The standard InChI is InChI=1S/C19H19ClN4O4S/c1-11(2)7-15-23-24-16(25)8-14(22-19(24)29-15)10-28-17(26)9-21-18(27)12-3-5-13(20)6-4-12/h3-6,8,11H,7,9-10H2,1-2H3,(H,21,27). The van der Waals surface area contributed by atoms with E-state index >= 15 is 0 Å². The molecule has 2 heterocycles. The van der Waals surface area contributed by atoms with Gasteiger partial charge in [-0.15, -0.1) is 0 Å². The predicted octanol–water partition coefficient (Wildman–Crippen LogP) is 2.48. The van der Waals surface area contributed by atoms with Crippen molar-refractivity contribution in [3.05, 3.63) is 62.0 Å². The Morgan fingerprint density at radius 2 is 2.00 bits per heavy atom. The van der Waals surface area contributed by atoms with Crippen LogP contribution in [0.5, 0.6) is 0 Å². The van der Waals surface area contributed by atoms with Crippen molar-refractivity contribution in [2.45, 2.75) is 26.9 Å². The number of amides is 1. The molecule has 29 heavy (non-hydrogen) atoms. The molecule has 10 heteroatoms. The highest BCUT2D eigenvalue weighted by molar-refractivity contribution is 7.16. The number of hydrogen-bond acceptors (Lipinski definition) is 7. The average molecular weight is 435 g/mol. The molecule has 2 aromatic heterocycles. The molecule has 0 atom stereocenters. The number of hydrogen-bond donors (Lipinski definition) is 1. The van der Waals surface area contributed by atoms with Crippen LogP contribution in [0, 0.1) is 5.92 Å². The minimum Gasteiger partial charge on any atom is -0.458 e. The molecule has 0 saturated carbocycles. The summed E-state index contributed by atoms with van der Waals surface area (Å²) in [7, 11) is 0. The van der Waals surface area contributed by atoms with Crippen molar-refractivity contribution in [1.82, 2.24) is 19.9 Å². The first-order chi connectivity index (χ1) is 13.8. The van der Waals surface area contributed by atoms with Gasteiger partial charge in [-0.25, -0.2) is 4.98 Å². The van der Waals surface area contributed by atoms with Crippen LogP contribution in [0.4, 0.5) is 0 Å². The second-order valence-electron chi connectivity index (χ2n) is 6.72. The van der Waals surface area contributed by atoms with Gasteiger partial charge in [0.15, 0.2) is 0 Å². The molecule has 0 bridgehead atoms. The summed E-state index contributed by atoms with van der Waals surface area (Å²) < 4.78 is 6.36. The SMILES string of the molecule is CC(C)Cc1nn2c(=O)cc(COC(=O)CNC(=O)c3ccc(Cl)cc3)nc2s1. The molecule has 0 aliphatic carbocycles. The summed E-state index contributed by atoms with van der Waals surface area (Å²) in [6.45, 7) is 3.66. The van der Waals surface area contributed by atoms with Crippen molar-refractivity contribution in [1.29, 1.82) is 0 Å². The van der Waals surface area contributed by atoms with Crippen molar-refractivity contribution >= 4 is 39.8 Å². The number of ether oxygens (including phenoxy) is 1. The van der Waals surface area contributed by atoms with Crippen molar-refractivity contribution in [2.75, 3.05) is 6.54 Å². The van der Waals surface area contributed by atoms with Crippen molar-refractivity contribution < 1.29 is 14.3 Å². The molecule has 3 rings (SSSR count). The second kappa shape index (κ2) is 9.15. The Morgan fingerprint density at radius 1 is 1.28 bits per heavy atom. The van der Waals surface area contributed by atoms with Gasteiger partial charge in [0.25, 0.3) is 11.5 Å². The molecule has 0 saturated heterocycles. The molecule has 1 amide bonds. The lowest BCUT2D eigenvalue weighted by Crippen LogP contribution is -2.30. The van der Waals surface area contributed by atoms with E-state index in [1.165, 1.54) is 21.9 Å². The third-order valence-corrected chi connectivity index (χ3v) is 4.99. The van der Waals surface area contributed by atoms with Crippen LogP contribution in [0.1, 0.15) is 34.9 Å². The topological polar surface area (TPSA) is 103 Å². The summed E-state index contributed by atoms with van der Waals surface area (Å²) in [6.07, 6.45) is 0.755. The summed E-state index contributed by atoms with van der Waals surface area (Å²) in [5.41, 5.74) is 0.375. The largest absolute Gasteiger partial charge is 0.458 e. The van der Waals surface area contributed by atoms with Gasteiger partial charge in [-0.1, -0.05) is 36.8 Å². The Morgan fingerprint density at radius 3 is 2.69 bits per heavy atom. The van der Waals surface area contributed by atoms with Gasteiger partial charge in [-0.05, 0) is 30.2 Å². The maximum atomic E-state index is 12.2. The fourth-order valence-corrected chi connectivity index (χ4v) is 3.72. The van der Waals surface area contributed by atoms with Gasteiger partial charge in [0.05, 0.1) is 5.69 Å². The lowest BCUT2D eigenvalue weighted by molar-refractivity contribution is -0.143. The highest BCUT2D eigenvalue weighted by atomic mass is 35.5. The molecule has 0 unspecified atom stereocenters. The monoisotopic (exact) mass is 434 g/mol. The van der Waals surface area contributed by atoms with E-state index in [-0.39, 0.29) is 18.7 Å². The molecule has 3 aromatic rings. The fourth-order valence-electron chi connectivity index (χ4n) is 2.46. The van der Waals surface area contributed by atoms with Gasteiger partial charge in [-0.2, -0.15) is 9.61 Å². The number of benzene rings is 1. The van der Waals surface area contributed by atoms with Crippen LogP contribution < -0.4 is 10.9 Å². The van der Waals surface area contributed by atoms with Crippen LogP contribution in [-0.2, 0) is 22.6 Å². The first kappa shape index (κ1) is 20.9. The number of nitrogens with zero attached hydrogens (tertiary/aromatic N) is 3. The zero-order chi connectivity index (χ0) is 21.0. The van der Waals surface area contributed by atoms with Crippen molar-refractivity contribution in [3.63, 3.8) is 0 Å². The van der Waals surface area contributed by atoms with Gasteiger partial charge in [0.2, 0.25) is 4.96 Å². The lowest BCUT2D eigenvalue weighted by Gasteiger charge is -2.06. The zero-order valence-corrected chi connectivity index (χ0v) is 17.4. The third kappa shape index (κ3) is 5.61. The quantitative estimate of drug-likeness (QED) is 0.573. The van der Waals surface area contributed by atoms with Crippen LogP contribution in [0.3, 0.4) is 0 Å². The average Bonchev–Trinajstić information content (AvgIpc) is 3.07. The lowest BCUT2D eigenvalue weighted by atomic mass is 10.1. The normalized spacial score (nSPS) is 11.0. The maximum absolute atomic E-state index is 12.2. The molecule has 0 aliphatic rings. The van der Waals surface area contributed by atoms with Gasteiger partial charge < -0.3 is 10.1 Å². The van der Waals surface area contributed by atoms with Crippen LogP contribution in [-0.4, -0.2) is 33.0 Å². The Kier molecular flexibility index (Phi) is 6.60. The predicted molar refractivity (Wildman–Crippen MR) is 109 cm³/mol. The van der Waals surface area contributed by atoms with Crippen molar-refractivity contribution in [3.8, 4) is 0 Å². The Bertz CT molecular complexity index is 1090. The minimum absolute atomic E-state index is 0.168. The second-order valence-corrected chi connectivity index (χ2v) is 8.20. The van der Waals surface area contributed by atoms with E-state index < -0.39 is 11.9 Å².